The van der Waals surface area contributed by atoms with Crippen LogP contribution in [0.25, 0.3) is 0 Å². The molecule has 3 aromatic carbocycles. The SMILES string of the molecule is CC1(C)CC(=O)C2=C(C1)N(CCc1ccccc1)C1=C(C(=O)CC(C)(C)C1)C2c1ccc(OS(=O)(=O)c2ccc(Cl)cc2)c(Br)c1. The highest BCUT2D eigenvalue weighted by molar-refractivity contribution is 9.10. The second kappa shape index (κ2) is 12.1. The zero-order valence-electron chi connectivity index (χ0n) is 26.4. The van der Waals surface area contributed by atoms with E-state index in [1.54, 1.807) is 18.2 Å². The number of Topliss-reactive ketones (excluding diaryl/α,β-unsaturated/α-hetero) is 2. The zero-order valence-corrected chi connectivity index (χ0v) is 29.6. The summed E-state index contributed by atoms with van der Waals surface area (Å²) in [5.74, 6) is -0.350. The van der Waals surface area contributed by atoms with E-state index in [9.17, 15) is 18.0 Å². The molecule has 0 unspecified atom stereocenters. The summed E-state index contributed by atoms with van der Waals surface area (Å²) in [6.07, 6.45) is 2.98. The molecular weight excluding hydrogens is 686 g/mol. The molecule has 1 aliphatic heterocycles. The molecule has 0 fully saturated rings. The second-order valence-corrected chi connectivity index (χ2v) is 16.9. The monoisotopic (exact) mass is 721 g/mol. The van der Waals surface area contributed by atoms with Crippen LogP contribution in [0.1, 0.15) is 70.4 Å². The second-order valence-electron chi connectivity index (χ2n) is 14.1. The molecule has 3 aromatic rings. The lowest BCUT2D eigenvalue weighted by Crippen LogP contribution is -2.45. The molecule has 3 aliphatic rings. The summed E-state index contributed by atoms with van der Waals surface area (Å²) < 4.78 is 32.0. The van der Waals surface area contributed by atoms with Crippen molar-refractivity contribution < 1.29 is 22.2 Å². The van der Waals surface area contributed by atoms with E-state index in [2.05, 4.69) is 60.7 Å². The lowest BCUT2D eigenvalue weighted by atomic mass is 9.63. The summed E-state index contributed by atoms with van der Waals surface area (Å²) in [5, 5.41) is 0.416. The maximum atomic E-state index is 14.1. The van der Waals surface area contributed by atoms with Crippen LogP contribution in [0, 0.1) is 10.8 Å². The van der Waals surface area contributed by atoms with E-state index < -0.39 is 16.0 Å². The van der Waals surface area contributed by atoms with E-state index in [-0.39, 0.29) is 33.0 Å². The van der Waals surface area contributed by atoms with Gasteiger partial charge < -0.3 is 9.08 Å². The standard InChI is InChI=1S/C37H37BrClNO5S/c1-36(2)19-28-34(30(41)21-36)33(24-10-15-32(27(38)18-24)45-46(43,44)26-13-11-25(39)12-14-26)35-29(20-37(3,4)22-31(35)42)40(28)17-16-23-8-6-5-7-9-23/h5-15,18,33H,16-17,19-22H2,1-4H3. The van der Waals surface area contributed by atoms with Gasteiger partial charge in [-0.15, -0.1) is 0 Å². The number of benzene rings is 3. The number of hydrogen-bond donors (Lipinski definition) is 0. The van der Waals surface area contributed by atoms with Gasteiger partial charge in [-0.25, -0.2) is 0 Å². The molecule has 0 N–H and O–H groups in total. The number of halogens is 2. The highest BCUT2D eigenvalue weighted by Gasteiger charge is 2.49. The Morgan fingerprint density at radius 2 is 1.39 bits per heavy atom. The Bertz CT molecular complexity index is 1840. The first-order chi connectivity index (χ1) is 21.6. The fourth-order valence-electron chi connectivity index (χ4n) is 7.07. The van der Waals surface area contributed by atoms with Gasteiger partial charge in [0, 0.05) is 52.9 Å². The molecule has 0 saturated heterocycles. The van der Waals surface area contributed by atoms with Crippen LogP contribution in [0.4, 0.5) is 0 Å². The molecule has 2 aliphatic carbocycles. The van der Waals surface area contributed by atoms with Crippen LogP contribution >= 0.6 is 27.5 Å². The summed E-state index contributed by atoms with van der Waals surface area (Å²) in [5.41, 5.74) is 4.82. The minimum Gasteiger partial charge on any atom is -0.378 e. The Kier molecular flexibility index (Phi) is 8.62. The Labute approximate surface area is 284 Å². The first-order valence-electron chi connectivity index (χ1n) is 15.5. The number of carbonyl (C=O) groups is 2. The number of allylic oxidation sites excluding steroid dienone is 4. The molecule has 0 amide bonds. The molecule has 6 rings (SSSR count). The zero-order chi connectivity index (χ0) is 33.0. The van der Waals surface area contributed by atoms with Gasteiger partial charge >= 0.3 is 10.1 Å². The summed E-state index contributed by atoms with van der Waals surface area (Å²) in [7, 11) is -4.13. The van der Waals surface area contributed by atoms with Gasteiger partial charge in [-0.05, 0) is 93.5 Å². The van der Waals surface area contributed by atoms with E-state index in [0.717, 1.165) is 23.4 Å². The van der Waals surface area contributed by atoms with Crippen LogP contribution in [0.2, 0.25) is 5.02 Å². The highest BCUT2D eigenvalue weighted by Crippen LogP contribution is 2.54. The van der Waals surface area contributed by atoms with E-state index in [4.69, 9.17) is 15.8 Å². The normalized spacial score (nSPS) is 19.7. The molecule has 0 saturated carbocycles. The quantitative estimate of drug-likeness (QED) is 0.227. The maximum absolute atomic E-state index is 14.1. The van der Waals surface area contributed by atoms with Crippen molar-refractivity contribution in [2.75, 3.05) is 6.54 Å². The Hall–Kier alpha value is -3.20. The molecule has 9 heteroatoms. The maximum Gasteiger partial charge on any atom is 0.339 e. The topological polar surface area (TPSA) is 80.8 Å². The number of rotatable bonds is 7. The third-order valence-corrected chi connectivity index (χ3v) is 11.2. The van der Waals surface area contributed by atoms with Crippen molar-refractivity contribution in [2.45, 2.75) is 70.6 Å². The van der Waals surface area contributed by atoms with E-state index in [1.807, 2.05) is 18.2 Å². The number of hydrogen-bond acceptors (Lipinski definition) is 6. The van der Waals surface area contributed by atoms with Gasteiger partial charge in [0.1, 0.15) is 4.90 Å². The van der Waals surface area contributed by atoms with Gasteiger partial charge in [-0.2, -0.15) is 8.42 Å². The Morgan fingerprint density at radius 1 is 0.826 bits per heavy atom. The predicted octanol–water partition coefficient (Wildman–Crippen LogP) is 8.80. The van der Waals surface area contributed by atoms with Crippen LogP contribution in [0.3, 0.4) is 0 Å². The first kappa shape index (κ1) is 32.7. The number of carbonyl (C=O) groups excluding carboxylic acids is 2. The molecule has 0 bridgehead atoms. The number of nitrogens with zero attached hydrogens (tertiary/aromatic N) is 1. The summed E-state index contributed by atoms with van der Waals surface area (Å²) in [4.78, 5) is 30.5. The lowest BCUT2D eigenvalue weighted by molar-refractivity contribution is -0.119. The van der Waals surface area contributed by atoms with Crippen LogP contribution < -0.4 is 4.18 Å². The van der Waals surface area contributed by atoms with Crippen molar-refractivity contribution in [3.8, 4) is 5.75 Å². The van der Waals surface area contributed by atoms with Crippen molar-refractivity contribution in [2.24, 2.45) is 10.8 Å². The van der Waals surface area contributed by atoms with Crippen molar-refractivity contribution in [1.82, 2.24) is 4.90 Å². The molecular formula is C37H37BrClNO5S. The summed E-state index contributed by atoms with van der Waals surface area (Å²) in [6.45, 7) is 9.18. The van der Waals surface area contributed by atoms with Crippen molar-refractivity contribution >= 4 is 49.2 Å². The van der Waals surface area contributed by atoms with Crippen molar-refractivity contribution in [3.63, 3.8) is 0 Å². The fourth-order valence-corrected chi connectivity index (χ4v) is 8.73. The summed E-state index contributed by atoms with van der Waals surface area (Å²) in [6, 6.07) is 21.2. The van der Waals surface area contributed by atoms with Gasteiger partial charge in [0.15, 0.2) is 17.3 Å². The number of ketones is 2. The minimum absolute atomic E-state index is 0.0221. The van der Waals surface area contributed by atoms with E-state index in [0.29, 0.717) is 52.9 Å². The van der Waals surface area contributed by atoms with Gasteiger partial charge in [-0.1, -0.05) is 75.7 Å². The van der Waals surface area contributed by atoms with Gasteiger partial charge in [0.2, 0.25) is 0 Å². The van der Waals surface area contributed by atoms with Crippen molar-refractivity contribution in [3.05, 3.63) is 116 Å². The Morgan fingerprint density at radius 3 is 1.93 bits per heavy atom. The fraction of sp³-hybridized carbons (Fsp3) is 0.351. The van der Waals surface area contributed by atoms with E-state index in [1.165, 1.54) is 29.8 Å². The van der Waals surface area contributed by atoms with Crippen molar-refractivity contribution in [1.29, 1.82) is 0 Å². The third kappa shape index (κ3) is 6.49. The molecule has 0 radical (unpaired) electrons. The van der Waals surface area contributed by atoms with Gasteiger partial charge in [0.05, 0.1) is 4.47 Å². The minimum atomic E-state index is -4.13. The van der Waals surface area contributed by atoms with Crippen LogP contribution in [-0.4, -0.2) is 31.4 Å². The lowest BCUT2D eigenvalue weighted by Gasteiger charge is -2.49. The molecule has 240 valence electrons. The van der Waals surface area contributed by atoms with Gasteiger partial charge in [0.25, 0.3) is 0 Å². The highest BCUT2D eigenvalue weighted by atomic mass is 79.9. The van der Waals surface area contributed by atoms with Crippen LogP contribution in [0.15, 0.2) is 105 Å². The largest absolute Gasteiger partial charge is 0.378 e. The third-order valence-electron chi connectivity index (χ3n) is 9.08. The predicted molar refractivity (Wildman–Crippen MR) is 183 cm³/mol. The Balaban J connectivity index is 1.45. The molecule has 0 atom stereocenters. The first-order valence-corrected chi connectivity index (χ1v) is 18.1. The average Bonchev–Trinajstić information content (AvgIpc) is 2.96. The summed E-state index contributed by atoms with van der Waals surface area (Å²) >= 11 is 9.47. The average molecular weight is 723 g/mol. The van der Waals surface area contributed by atoms with Gasteiger partial charge in [-0.3, -0.25) is 9.59 Å². The molecule has 0 aromatic heterocycles. The molecule has 0 spiro atoms. The molecule has 6 nitrogen and oxygen atoms in total. The van der Waals surface area contributed by atoms with Crippen LogP contribution in [-0.2, 0) is 26.1 Å². The van der Waals surface area contributed by atoms with E-state index >= 15 is 0 Å². The van der Waals surface area contributed by atoms with Crippen LogP contribution in [0.5, 0.6) is 5.75 Å². The smallest absolute Gasteiger partial charge is 0.339 e. The molecule has 46 heavy (non-hydrogen) atoms. The molecule has 1 heterocycles.